The van der Waals surface area contributed by atoms with E-state index in [9.17, 15) is 0 Å². The quantitative estimate of drug-likeness (QED) is 0.0717. The van der Waals surface area contributed by atoms with E-state index in [-0.39, 0.29) is 0 Å². The molecule has 0 aliphatic rings. The normalized spacial score (nSPS) is 19.2. The molecule has 0 N–H and O–H groups in total. The van der Waals surface area contributed by atoms with Crippen LogP contribution in [0.15, 0.2) is 0 Å². The van der Waals surface area contributed by atoms with E-state index in [1.807, 2.05) is 21.6 Å². The fourth-order valence-corrected chi connectivity index (χ4v) is 11.5. The standard InChI is InChI=1S/C26H58O4S2Si2/c1-11-21(7)27-33(28-22(8)12-2)25(15-5)17-19-31-32-20-18-26(16-6)34(29-23(9)13-3)30-24(10)14-4/h21-26,33-34H,11-20H2,1-10H3. The van der Waals surface area contributed by atoms with Gasteiger partial charge < -0.3 is 17.7 Å². The van der Waals surface area contributed by atoms with Gasteiger partial charge in [-0.25, -0.2) is 0 Å². The lowest BCUT2D eigenvalue weighted by atomic mass is 10.3. The van der Waals surface area contributed by atoms with Gasteiger partial charge in [0.25, 0.3) is 0 Å². The molecule has 6 atom stereocenters. The highest BCUT2D eigenvalue weighted by Gasteiger charge is 2.29. The lowest BCUT2D eigenvalue weighted by Gasteiger charge is -2.30. The predicted molar refractivity (Wildman–Crippen MR) is 160 cm³/mol. The van der Waals surface area contributed by atoms with Gasteiger partial charge in [0.2, 0.25) is 0 Å². The highest BCUT2D eigenvalue weighted by Crippen LogP contribution is 2.33. The van der Waals surface area contributed by atoms with Gasteiger partial charge in [-0.15, -0.1) is 0 Å². The third-order valence-corrected chi connectivity index (χ3v) is 15.4. The van der Waals surface area contributed by atoms with Crippen molar-refractivity contribution in [3.05, 3.63) is 0 Å². The largest absolute Gasteiger partial charge is 0.394 e. The molecule has 6 unspecified atom stereocenters. The second-order valence-electron chi connectivity index (χ2n) is 9.71. The van der Waals surface area contributed by atoms with Crippen LogP contribution in [0.25, 0.3) is 0 Å². The van der Waals surface area contributed by atoms with Crippen molar-refractivity contribution in [2.75, 3.05) is 11.5 Å². The van der Waals surface area contributed by atoms with Crippen LogP contribution in [0.4, 0.5) is 0 Å². The van der Waals surface area contributed by atoms with Gasteiger partial charge in [-0.05, 0) is 66.2 Å². The molecular weight excluding hydrogens is 497 g/mol. The molecule has 0 rings (SSSR count). The summed E-state index contributed by atoms with van der Waals surface area (Å²) in [5, 5.41) is 0. The minimum atomic E-state index is -1.68. The van der Waals surface area contributed by atoms with Gasteiger partial charge in [0.1, 0.15) is 0 Å². The van der Waals surface area contributed by atoms with Crippen molar-refractivity contribution in [3.63, 3.8) is 0 Å². The summed E-state index contributed by atoms with van der Waals surface area (Å²) in [4.78, 5) is 0. The van der Waals surface area contributed by atoms with E-state index in [2.05, 4.69) is 69.2 Å². The van der Waals surface area contributed by atoms with Crippen molar-refractivity contribution in [1.29, 1.82) is 0 Å². The molecule has 0 aliphatic carbocycles. The molecule has 0 aromatic rings. The van der Waals surface area contributed by atoms with E-state index in [1.165, 1.54) is 24.3 Å². The fraction of sp³-hybridized carbons (Fsp3) is 1.00. The third-order valence-electron chi connectivity index (χ3n) is 6.81. The molecule has 0 amide bonds. The average molecular weight is 555 g/mol. The molecule has 0 radical (unpaired) electrons. The fourth-order valence-electron chi connectivity index (χ4n) is 3.39. The van der Waals surface area contributed by atoms with Crippen LogP contribution in [0.1, 0.15) is 121 Å². The molecular formula is C26H58O4S2Si2. The van der Waals surface area contributed by atoms with E-state index < -0.39 is 18.6 Å². The molecule has 0 aromatic heterocycles. The van der Waals surface area contributed by atoms with Gasteiger partial charge >= 0.3 is 18.6 Å². The minimum Gasteiger partial charge on any atom is -0.394 e. The highest BCUT2D eigenvalue weighted by atomic mass is 33.1. The van der Waals surface area contributed by atoms with Crippen LogP contribution >= 0.6 is 21.6 Å². The topological polar surface area (TPSA) is 36.9 Å². The molecule has 0 heterocycles. The van der Waals surface area contributed by atoms with Gasteiger partial charge in [-0.3, -0.25) is 0 Å². The first-order valence-electron chi connectivity index (χ1n) is 14.1. The molecule has 0 saturated carbocycles. The SMILES string of the molecule is CCC(C)O[SiH](OC(C)CC)C(CC)CCSSCCC(CC)[SiH](OC(C)CC)OC(C)CC. The summed E-state index contributed by atoms with van der Waals surface area (Å²) < 4.78 is 25.7. The van der Waals surface area contributed by atoms with E-state index in [1.54, 1.807) is 0 Å². The first kappa shape index (κ1) is 35.0. The summed E-state index contributed by atoms with van der Waals surface area (Å²) in [7, 11) is 0.695. The van der Waals surface area contributed by atoms with Crippen LogP contribution in [-0.2, 0) is 17.7 Å². The Kier molecular flexibility index (Phi) is 22.6. The Labute approximate surface area is 224 Å². The van der Waals surface area contributed by atoms with Crippen LogP contribution in [0.2, 0.25) is 11.1 Å². The van der Waals surface area contributed by atoms with Gasteiger partial charge in [-0.1, -0.05) is 76.0 Å². The Balaban J connectivity index is 4.62. The van der Waals surface area contributed by atoms with Crippen LogP contribution in [0.3, 0.4) is 0 Å². The summed E-state index contributed by atoms with van der Waals surface area (Å²) in [6.45, 7) is 22.2. The Morgan fingerprint density at radius 3 is 0.941 bits per heavy atom. The first-order valence-corrected chi connectivity index (χ1v) is 19.8. The van der Waals surface area contributed by atoms with Crippen molar-refractivity contribution in [2.45, 2.75) is 156 Å². The van der Waals surface area contributed by atoms with Crippen molar-refractivity contribution >= 4 is 40.2 Å². The van der Waals surface area contributed by atoms with Crippen molar-refractivity contribution in [1.82, 2.24) is 0 Å². The second kappa shape index (κ2) is 22.0. The molecule has 34 heavy (non-hydrogen) atoms. The Morgan fingerprint density at radius 1 is 0.471 bits per heavy atom. The minimum absolute atomic E-state index is 0.301. The molecule has 0 aromatic carbocycles. The zero-order valence-electron chi connectivity index (χ0n) is 24.1. The molecule has 0 saturated heterocycles. The average Bonchev–Trinajstić information content (AvgIpc) is 2.84. The predicted octanol–water partition coefficient (Wildman–Crippen LogP) is 8.41. The number of hydrogen-bond acceptors (Lipinski definition) is 6. The smallest absolute Gasteiger partial charge is 0.325 e. The molecule has 206 valence electrons. The van der Waals surface area contributed by atoms with Gasteiger partial charge in [-0.2, -0.15) is 0 Å². The second-order valence-corrected chi connectivity index (χ2v) is 16.9. The van der Waals surface area contributed by atoms with Crippen LogP contribution < -0.4 is 0 Å². The van der Waals surface area contributed by atoms with Crippen LogP contribution in [-0.4, -0.2) is 54.5 Å². The zero-order valence-corrected chi connectivity index (χ0v) is 28.1. The van der Waals surface area contributed by atoms with Crippen LogP contribution in [0, 0.1) is 0 Å². The van der Waals surface area contributed by atoms with Crippen molar-refractivity contribution in [2.24, 2.45) is 0 Å². The van der Waals surface area contributed by atoms with Crippen LogP contribution in [0.5, 0.6) is 0 Å². The summed E-state index contributed by atoms with van der Waals surface area (Å²) in [6, 6.07) is 0. The maximum atomic E-state index is 6.43. The Hall–Kier alpha value is 0.974. The summed E-state index contributed by atoms with van der Waals surface area (Å²) in [6.07, 6.45) is 10.1. The Morgan fingerprint density at radius 2 is 0.735 bits per heavy atom. The Bertz CT molecular complexity index is 401. The van der Waals surface area contributed by atoms with E-state index in [4.69, 9.17) is 17.7 Å². The number of rotatable bonds is 23. The highest BCUT2D eigenvalue weighted by molar-refractivity contribution is 8.76. The molecule has 0 spiro atoms. The van der Waals surface area contributed by atoms with Gasteiger partial charge in [0.15, 0.2) is 0 Å². The molecule has 0 fully saturated rings. The summed E-state index contributed by atoms with van der Waals surface area (Å²) in [5.74, 6) is 2.34. The molecule has 0 aliphatic heterocycles. The lowest BCUT2D eigenvalue weighted by molar-refractivity contribution is 0.102. The monoisotopic (exact) mass is 554 g/mol. The van der Waals surface area contributed by atoms with Crippen molar-refractivity contribution < 1.29 is 17.7 Å². The summed E-state index contributed by atoms with van der Waals surface area (Å²) >= 11 is 0. The van der Waals surface area contributed by atoms with E-state index in [0.29, 0.717) is 35.5 Å². The first-order chi connectivity index (χ1) is 16.3. The van der Waals surface area contributed by atoms with E-state index in [0.717, 1.165) is 38.5 Å². The third kappa shape index (κ3) is 15.9. The van der Waals surface area contributed by atoms with Gasteiger partial charge in [0, 0.05) is 47.0 Å². The van der Waals surface area contributed by atoms with Crippen molar-refractivity contribution in [3.8, 4) is 0 Å². The maximum Gasteiger partial charge on any atom is 0.325 e. The molecule has 4 nitrogen and oxygen atoms in total. The molecule has 0 bridgehead atoms. The number of hydrogen-bond donors (Lipinski definition) is 0. The molecule has 8 heteroatoms. The summed E-state index contributed by atoms with van der Waals surface area (Å²) in [5.41, 5.74) is 1.17. The van der Waals surface area contributed by atoms with E-state index >= 15 is 0 Å². The van der Waals surface area contributed by atoms with Gasteiger partial charge in [0.05, 0.1) is 0 Å². The zero-order chi connectivity index (χ0) is 25.9. The maximum absolute atomic E-state index is 6.43. The lowest BCUT2D eigenvalue weighted by Crippen LogP contribution is -2.35.